The molecule has 0 aromatic carbocycles. The number of rotatable bonds is 1. The van der Waals surface area contributed by atoms with Crippen molar-refractivity contribution >= 4 is 0 Å². The zero-order valence-corrected chi connectivity index (χ0v) is 8.33. The topological polar surface area (TPSA) is 30.7 Å². The van der Waals surface area contributed by atoms with Gasteiger partial charge in [-0.05, 0) is 12.8 Å². The van der Waals surface area contributed by atoms with Crippen LogP contribution in [0.25, 0.3) is 0 Å². The maximum absolute atomic E-state index is 4.06. The summed E-state index contributed by atoms with van der Waals surface area (Å²) in [4.78, 5) is 0. The molecule has 0 bridgehead atoms. The molecule has 0 spiro atoms. The smallest absolute Gasteiger partial charge is 0.0885 e. The lowest BCUT2D eigenvalue weighted by atomic mass is 10.1. The highest BCUT2D eigenvalue weighted by Crippen LogP contribution is 2.46. The molecule has 3 heteroatoms. The van der Waals surface area contributed by atoms with Crippen molar-refractivity contribution in [1.82, 2.24) is 15.0 Å². The van der Waals surface area contributed by atoms with Gasteiger partial charge in [0, 0.05) is 18.7 Å². The van der Waals surface area contributed by atoms with Gasteiger partial charge in [-0.25, -0.2) is 0 Å². The summed E-state index contributed by atoms with van der Waals surface area (Å²) in [5.74, 6) is 0. The summed E-state index contributed by atoms with van der Waals surface area (Å²) in [6, 6.07) is 0. The van der Waals surface area contributed by atoms with Crippen LogP contribution in [-0.2, 0) is 12.5 Å². The van der Waals surface area contributed by atoms with E-state index >= 15 is 0 Å². The molecule has 1 fully saturated rings. The van der Waals surface area contributed by atoms with E-state index in [4.69, 9.17) is 0 Å². The van der Waals surface area contributed by atoms with Crippen LogP contribution in [0.1, 0.15) is 39.3 Å². The van der Waals surface area contributed by atoms with Crippen molar-refractivity contribution in [1.29, 1.82) is 0 Å². The number of hydrogen-bond donors (Lipinski definition) is 0. The molecule has 1 aromatic rings. The monoisotopic (exact) mass is 167 g/mol. The summed E-state index contributed by atoms with van der Waals surface area (Å²) >= 11 is 0. The predicted molar refractivity (Wildman–Crippen MR) is 48.9 cm³/mol. The number of aryl methyl sites for hydroxylation is 1. The molecule has 3 nitrogen and oxygen atoms in total. The summed E-state index contributed by atoms with van der Waals surface area (Å²) < 4.78 is 1.76. The Morgan fingerprint density at radius 3 is 2.33 bits per heavy atom. The second kappa shape index (κ2) is 3.25. The Kier molecular flexibility index (Phi) is 2.50. The third-order valence-corrected chi connectivity index (χ3v) is 2.22. The number of nitrogens with zero attached hydrogens (tertiary/aromatic N) is 3. The quantitative estimate of drug-likeness (QED) is 0.639. The van der Waals surface area contributed by atoms with Gasteiger partial charge in [-0.3, -0.25) is 4.68 Å². The average Bonchev–Trinajstić information content (AvgIpc) is 2.66. The van der Waals surface area contributed by atoms with Crippen LogP contribution < -0.4 is 0 Å². The molecule has 2 rings (SSSR count). The average molecular weight is 167 g/mol. The zero-order chi connectivity index (χ0) is 9.19. The molecule has 0 N–H and O–H groups in total. The molecule has 0 radical (unpaired) electrons. The van der Waals surface area contributed by atoms with Gasteiger partial charge in [0.15, 0.2) is 0 Å². The highest BCUT2D eigenvalue weighted by molar-refractivity contribution is 5.18. The molecule has 1 saturated carbocycles. The van der Waals surface area contributed by atoms with Gasteiger partial charge in [-0.1, -0.05) is 26.0 Å². The third-order valence-electron chi connectivity index (χ3n) is 2.22. The number of hydrogen-bond acceptors (Lipinski definition) is 2. The lowest BCUT2D eigenvalue weighted by Gasteiger charge is -1.98. The normalized spacial score (nSPS) is 18.0. The lowest BCUT2D eigenvalue weighted by Crippen LogP contribution is -1.99. The molecule has 1 aromatic heterocycles. The van der Waals surface area contributed by atoms with Gasteiger partial charge in [0.05, 0.1) is 5.69 Å². The van der Waals surface area contributed by atoms with E-state index in [1.807, 2.05) is 27.1 Å². The molecule has 1 aliphatic carbocycles. The van der Waals surface area contributed by atoms with E-state index in [2.05, 4.69) is 17.2 Å². The largest absolute Gasteiger partial charge is 0.255 e. The van der Waals surface area contributed by atoms with Crippen molar-refractivity contribution in [3.05, 3.63) is 11.9 Å². The minimum atomic E-state index is 0.369. The molecule has 1 aliphatic rings. The second-order valence-corrected chi connectivity index (χ2v) is 3.34. The minimum Gasteiger partial charge on any atom is -0.255 e. The van der Waals surface area contributed by atoms with Gasteiger partial charge in [-0.15, -0.1) is 5.10 Å². The Morgan fingerprint density at radius 2 is 2.00 bits per heavy atom. The van der Waals surface area contributed by atoms with Crippen LogP contribution in [0.4, 0.5) is 0 Å². The van der Waals surface area contributed by atoms with Crippen molar-refractivity contribution < 1.29 is 0 Å². The van der Waals surface area contributed by atoms with E-state index < -0.39 is 0 Å². The van der Waals surface area contributed by atoms with Gasteiger partial charge < -0.3 is 0 Å². The Bertz CT molecular complexity index is 248. The van der Waals surface area contributed by atoms with Crippen molar-refractivity contribution in [2.75, 3.05) is 0 Å². The fraction of sp³-hybridized carbons (Fsp3) is 0.778. The Labute approximate surface area is 73.8 Å². The minimum absolute atomic E-state index is 0.369. The lowest BCUT2D eigenvalue weighted by molar-refractivity contribution is 0.703. The first-order valence-electron chi connectivity index (χ1n) is 4.57. The second-order valence-electron chi connectivity index (χ2n) is 3.34. The van der Waals surface area contributed by atoms with Crippen LogP contribution in [0.5, 0.6) is 0 Å². The fourth-order valence-corrected chi connectivity index (χ4v) is 1.07. The van der Waals surface area contributed by atoms with Crippen molar-refractivity contribution in [2.45, 2.75) is 39.0 Å². The maximum atomic E-state index is 4.06. The predicted octanol–water partition coefficient (Wildman–Crippen LogP) is 1.89. The van der Waals surface area contributed by atoms with E-state index in [0.29, 0.717) is 5.41 Å². The zero-order valence-electron chi connectivity index (χ0n) is 8.33. The molecule has 1 heterocycles. The molecular formula is C9H17N3. The summed E-state index contributed by atoms with van der Waals surface area (Å²) in [5, 5.41) is 7.95. The van der Waals surface area contributed by atoms with Gasteiger partial charge >= 0.3 is 0 Å². The summed E-state index contributed by atoms with van der Waals surface area (Å²) in [7, 11) is 1.90. The Hall–Kier alpha value is -0.860. The van der Waals surface area contributed by atoms with Crippen molar-refractivity contribution in [3.63, 3.8) is 0 Å². The molecular weight excluding hydrogens is 150 g/mol. The SMILES string of the molecule is CC.Cn1cc(C2(C)CC2)nn1. The van der Waals surface area contributed by atoms with E-state index in [1.54, 1.807) is 4.68 Å². The Morgan fingerprint density at radius 1 is 1.42 bits per heavy atom. The first-order valence-corrected chi connectivity index (χ1v) is 4.57. The summed E-state index contributed by atoms with van der Waals surface area (Å²) in [6.07, 6.45) is 4.55. The Balaban J connectivity index is 0.000000336. The molecule has 0 aliphatic heterocycles. The van der Waals surface area contributed by atoms with Gasteiger partial charge in [-0.2, -0.15) is 0 Å². The van der Waals surface area contributed by atoms with E-state index in [-0.39, 0.29) is 0 Å². The van der Waals surface area contributed by atoms with Crippen LogP contribution >= 0.6 is 0 Å². The van der Waals surface area contributed by atoms with Crippen LogP contribution in [-0.4, -0.2) is 15.0 Å². The maximum Gasteiger partial charge on any atom is 0.0885 e. The van der Waals surface area contributed by atoms with Crippen molar-refractivity contribution in [2.24, 2.45) is 7.05 Å². The van der Waals surface area contributed by atoms with Crippen LogP contribution in [0, 0.1) is 0 Å². The number of aromatic nitrogens is 3. The first kappa shape index (κ1) is 9.23. The standard InChI is InChI=1S/C7H11N3.C2H6/c1-7(3-4-7)6-5-10(2)9-8-6;1-2/h5H,3-4H2,1-2H3;1-2H3. The van der Waals surface area contributed by atoms with Crippen LogP contribution in [0.3, 0.4) is 0 Å². The highest BCUT2D eigenvalue weighted by Gasteiger charge is 2.41. The molecule has 0 amide bonds. The molecule has 0 saturated heterocycles. The summed E-state index contributed by atoms with van der Waals surface area (Å²) in [6.45, 7) is 6.23. The van der Waals surface area contributed by atoms with E-state index in [9.17, 15) is 0 Å². The van der Waals surface area contributed by atoms with Gasteiger partial charge in [0.2, 0.25) is 0 Å². The van der Waals surface area contributed by atoms with Crippen LogP contribution in [0.15, 0.2) is 6.20 Å². The third kappa shape index (κ3) is 1.65. The van der Waals surface area contributed by atoms with Crippen molar-refractivity contribution in [3.8, 4) is 0 Å². The molecule has 68 valence electrons. The van der Waals surface area contributed by atoms with Gasteiger partial charge in [0.25, 0.3) is 0 Å². The van der Waals surface area contributed by atoms with E-state index in [0.717, 1.165) is 5.69 Å². The van der Waals surface area contributed by atoms with Crippen LogP contribution in [0.2, 0.25) is 0 Å². The fourth-order valence-electron chi connectivity index (χ4n) is 1.07. The van der Waals surface area contributed by atoms with Gasteiger partial charge in [0.1, 0.15) is 0 Å². The molecule has 0 atom stereocenters. The highest BCUT2D eigenvalue weighted by atomic mass is 15.4. The molecule has 12 heavy (non-hydrogen) atoms. The van der Waals surface area contributed by atoms with E-state index in [1.165, 1.54) is 12.8 Å². The first-order chi connectivity index (χ1) is 5.71. The molecule has 0 unspecified atom stereocenters. The summed E-state index contributed by atoms with van der Waals surface area (Å²) in [5.41, 5.74) is 1.52.